The highest BCUT2D eigenvalue weighted by Gasteiger charge is 2.19. The number of anilines is 1. The number of rotatable bonds is 7. The number of ether oxygens (including phenoxy) is 1. The fourth-order valence-corrected chi connectivity index (χ4v) is 3.18. The predicted octanol–water partition coefficient (Wildman–Crippen LogP) is 5.06. The summed E-state index contributed by atoms with van der Waals surface area (Å²) in [6.45, 7) is 4.66. The fraction of sp³-hybridized carbons (Fsp3) is 0.632. The standard InChI is InChI=1S/C19H30N2O3/c1-3-17(4-2)21(23)19(22)20-16-10-12-18(13-11-16)24-14-15-8-6-5-7-9-15/h10-13,15,17,23H,3-9,14H2,1-2H3,(H,20,22). The largest absolute Gasteiger partial charge is 0.493 e. The van der Waals surface area contributed by atoms with E-state index in [2.05, 4.69) is 5.32 Å². The topological polar surface area (TPSA) is 61.8 Å². The third kappa shape index (κ3) is 5.41. The highest BCUT2D eigenvalue weighted by atomic mass is 16.5. The van der Waals surface area contributed by atoms with Gasteiger partial charge in [-0.25, -0.2) is 9.86 Å². The normalized spacial score (nSPS) is 15.3. The van der Waals surface area contributed by atoms with E-state index in [1.165, 1.54) is 32.1 Å². The second kappa shape index (κ2) is 9.52. The maximum absolute atomic E-state index is 12.0. The molecule has 24 heavy (non-hydrogen) atoms. The van der Waals surface area contributed by atoms with Gasteiger partial charge in [0.25, 0.3) is 0 Å². The van der Waals surface area contributed by atoms with Gasteiger partial charge in [0.1, 0.15) is 5.75 Å². The van der Waals surface area contributed by atoms with Crippen LogP contribution in [0, 0.1) is 5.92 Å². The number of nitrogens with one attached hydrogen (secondary N) is 1. The van der Waals surface area contributed by atoms with Gasteiger partial charge in [-0.3, -0.25) is 5.21 Å². The van der Waals surface area contributed by atoms with Crippen LogP contribution in [0.15, 0.2) is 24.3 Å². The van der Waals surface area contributed by atoms with Crippen molar-refractivity contribution in [2.75, 3.05) is 11.9 Å². The second-order valence-corrected chi connectivity index (χ2v) is 6.58. The molecule has 5 nitrogen and oxygen atoms in total. The number of hydrogen-bond donors (Lipinski definition) is 2. The zero-order chi connectivity index (χ0) is 17.4. The summed E-state index contributed by atoms with van der Waals surface area (Å²) in [4.78, 5) is 12.0. The molecule has 0 saturated heterocycles. The first-order valence-corrected chi connectivity index (χ1v) is 9.16. The minimum atomic E-state index is -0.500. The van der Waals surface area contributed by atoms with Crippen molar-refractivity contribution in [2.24, 2.45) is 5.92 Å². The lowest BCUT2D eigenvalue weighted by molar-refractivity contribution is -0.0747. The molecule has 134 valence electrons. The van der Waals surface area contributed by atoms with Crippen LogP contribution in [0.5, 0.6) is 5.75 Å². The molecule has 0 aliphatic heterocycles. The van der Waals surface area contributed by atoms with Gasteiger partial charge in [0.05, 0.1) is 12.6 Å². The van der Waals surface area contributed by atoms with Crippen LogP contribution in [0.1, 0.15) is 58.8 Å². The molecule has 0 bridgehead atoms. The van der Waals surface area contributed by atoms with Gasteiger partial charge in [0, 0.05) is 5.69 Å². The van der Waals surface area contributed by atoms with Gasteiger partial charge < -0.3 is 10.1 Å². The monoisotopic (exact) mass is 334 g/mol. The summed E-state index contributed by atoms with van der Waals surface area (Å²) in [6, 6.07) is 6.65. The summed E-state index contributed by atoms with van der Waals surface area (Å²) in [5, 5.41) is 13.4. The van der Waals surface area contributed by atoms with Gasteiger partial charge in [0.15, 0.2) is 0 Å². The van der Waals surface area contributed by atoms with Crippen LogP contribution in [-0.4, -0.2) is 29.0 Å². The Labute approximate surface area is 145 Å². The molecule has 0 atom stereocenters. The first-order chi connectivity index (χ1) is 11.6. The van der Waals surface area contributed by atoms with Crippen molar-refractivity contribution in [3.8, 4) is 5.75 Å². The van der Waals surface area contributed by atoms with Crippen molar-refractivity contribution >= 4 is 11.7 Å². The number of amides is 2. The lowest BCUT2D eigenvalue weighted by Crippen LogP contribution is -2.39. The number of urea groups is 1. The summed E-state index contributed by atoms with van der Waals surface area (Å²) in [5.41, 5.74) is 0.648. The van der Waals surface area contributed by atoms with Crippen molar-refractivity contribution in [1.29, 1.82) is 0 Å². The van der Waals surface area contributed by atoms with Crippen molar-refractivity contribution in [1.82, 2.24) is 5.06 Å². The maximum Gasteiger partial charge on any atom is 0.345 e. The van der Waals surface area contributed by atoms with Crippen LogP contribution in [0.4, 0.5) is 10.5 Å². The molecule has 1 aliphatic carbocycles. The summed E-state index contributed by atoms with van der Waals surface area (Å²) in [5.74, 6) is 1.49. The van der Waals surface area contributed by atoms with Gasteiger partial charge >= 0.3 is 6.03 Å². The first kappa shape index (κ1) is 18.6. The minimum Gasteiger partial charge on any atom is -0.493 e. The number of carbonyl (C=O) groups excluding carboxylic acids is 1. The Morgan fingerprint density at radius 1 is 1.21 bits per heavy atom. The molecule has 2 rings (SSSR count). The zero-order valence-corrected chi connectivity index (χ0v) is 14.8. The van der Waals surface area contributed by atoms with Gasteiger partial charge in [0.2, 0.25) is 0 Å². The third-order valence-electron chi connectivity index (χ3n) is 4.81. The molecule has 1 aliphatic rings. The van der Waals surface area contributed by atoms with E-state index in [4.69, 9.17) is 4.74 Å². The van der Waals surface area contributed by atoms with Crippen LogP contribution in [0.3, 0.4) is 0 Å². The smallest absolute Gasteiger partial charge is 0.345 e. The quantitative estimate of drug-likeness (QED) is 0.541. The predicted molar refractivity (Wildman–Crippen MR) is 95.5 cm³/mol. The summed E-state index contributed by atoms with van der Waals surface area (Å²) in [7, 11) is 0. The van der Waals surface area contributed by atoms with Crippen LogP contribution in [0.25, 0.3) is 0 Å². The summed E-state index contributed by atoms with van der Waals surface area (Å²) in [6.07, 6.45) is 7.93. The molecule has 1 aromatic rings. The molecule has 0 radical (unpaired) electrons. The lowest BCUT2D eigenvalue weighted by atomic mass is 9.90. The van der Waals surface area contributed by atoms with Crippen LogP contribution in [-0.2, 0) is 0 Å². The Balaban J connectivity index is 1.81. The molecular weight excluding hydrogens is 304 g/mol. The summed E-state index contributed by atoms with van der Waals surface area (Å²) >= 11 is 0. The lowest BCUT2D eigenvalue weighted by Gasteiger charge is -2.24. The van der Waals surface area contributed by atoms with Gasteiger partial charge in [-0.15, -0.1) is 0 Å². The highest BCUT2D eigenvalue weighted by Crippen LogP contribution is 2.25. The number of benzene rings is 1. The average molecular weight is 334 g/mol. The third-order valence-corrected chi connectivity index (χ3v) is 4.81. The molecule has 1 aromatic carbocycles. The molecule has 0 heterocycles. The van der Waals surface area contributed by atoms with Crippen molar-refractivity contribution in [3.63, 3.8) is 0 Å². The minimum absolute atomic E-state index is 0.164. The van der Waals surface area contributed by atoms with Crippen molar-refractivity contribution in [3.05, 3.63) is 24.3 Å². The van der Waals surface area contributed by atoms with E-state index < -0.39 is 6.03 Å². The van der Waals surface area contributed by atoms with Crippen molar-refractivity contribution < 1.29 is 14.7 Å². The van der Waals surface area contributed by atoms with E-state index in [0.29, 0.717) is 24.4 Å². The molecule has 5 heteroatoms. The Kier molecular flexibility index (Phi) is 7.37. The van der Waals surface area contributed by atoms with Crippen molar-refractivity contribution in [2.45, 2.75) is 64.8 Å². The Morgan fingerprint density at radius 3 is 2.42 bits per heavy atom. The van der Waals surface area contributed by atoms with E-state index in [1.54, 1.807) is 12.1 Å². The Hall–Kier alpha value is -1.75. The van der Waals surface area contributed by atoms with Gasteiger partial charge in [-0.1, -0.05) is 33.1 Å². The molecule has 0 aromatic heterocycles. The van der Waals surface area contributed by atoms with E-state index >= 15 is 0 Å². The Bertz CT molecular complexity index is 494. The fourth-order valence-electron chi connectivity index (χ4n) is 3.18. The van der Waals surface area contributed by atoms with Gasteiger partial charge in [-0.05, 0) is 55.9 Å². The summed E-state index contributed by atoms with van der Waals surface area (Å²) < 4.78 is 5.85. The first-order valence-electron chi connectivity index (χ1n) is 9.16. The highest BCUT2D eigenvalue weighted by molar-refractivity contribution is 5.88. The molecule has 0 spiro atoms. The van der Waals surface area contributed by atoms with E-state index in [-0.39, 0.29) is 6.04 Å². The molecule has 0 unspecified atom stereocenters. The molecule has 2 N–H and O–H groups in total. The van der Waals surface area contributed by atoms with E-state index in [0.717, 1.165) is 17.4 Å². The van der Waals surface area contributed by atoms with Crippen LogP contribution in [0.2, 0.25) is 0 Å². The second-order valence-electron chi connectivity index (χ2n) is 6.58. The zero-order valence-electron chi connectivity index (χ0n) is 14.8. The van der Waals surface area contributed by atoms with Gasteiger partial charge in [-0.2, -0.15) is 0 Å². The molecular formula is C19H30N2O3. The van der Waals surface area contributed by atoms with E-state index in [1.807, 2.05) is 26.0 Å². The maximum atomic E-state index is 12.0. The average Bonchev–Trinajstić information content (AvgIpc) is 2.63. The molecule has 2 amide bonds. The number of hydroxylamine groups is 2. The van der Waals surface area contributed by atoms with E-state index in [9.17, 15) is 10.0 Å². The number of nitrogens with zero attached hydrogens (tertiary/aromatic N) is 1. The molecule has 1 saturated carbocycles. The molecule has 1 fully saturated rings. The van der Waals surface area contributed by atoms with Crippen LogP contribution < -0.4 is 10.1 Å². The SMILES string of the molecule is CCC(CC)N(O)C(=O)Nc1ccc(OCC2CCCCC2)cc1. The van der Waals surface area contributed by atoms with Crippen LogP contribution >= 0.6 is 0 Å². The Morgan fingerprint density at radius 2 is 1.83 bits per heavy atom. The number of carbonyl (C=O) groups is 1. The number of hydrogen-bond acceptors (Lipinski definition) is 3.